The van der Waals surface area contributed by atoms with Gasteiger partial charge in [0.1, 0.15) is 0 Å². The molecule has 366 valence electrons. The molecule has 0 saturated heterocycles. The smallest absolute Gasteiger partial charge is 0.755 e. The molecule has 1 fully saturated rings. The van der Waals surface area contributed by atoms with E-state index in [0.29, 0.717) is 35.3 Å². The molecule has 2 aromatic rings. The Kier molecular flexibility index (Phi) is 30.8. The number of hydrogen-bond acceptors (Lipinski definition) is 5. The minimum atomic E-state index is -0.156. The van der Waals surface area contributed by atoms with Gasteiger partial charge in [0.2, 0.25) is 11.8 Å². The quantitative estimate of drug-likeness (QED) is 0.0240. The molecule has 66 heavy (non-hydrogen) atoms. The van der Waals surface area contributed by atoms with Crippen LogP contribution >= 0.6 is 15.7 Å². The summed E-state index contributed by atoms with van der Waals surface area (Å²) in [6.07, 6.45) is 39.2. The molecule has 6 atom stereocenters. The van der Waals surface area contributed by atoms with Crippen molar-refractivity contribution in [2.45, 2.75) is 213 Å². The van der Waals surface area contributed by atoms with Crippen LogP contribution < -0.4 is 0 Å². The summed E-state index contributed by atoms with van der Waals surface area (Å²) in [5.41, 5.74) is 3.18. The number of unbranched alkanes of at least 4 members (excludes halogenated alkanes) is 20. The molecule has 0 spiro atoms. The summed E-state index contributed by atoms with van der Waals surface area (Å²) in [5, 5.41) is 0. The Bertz CT molecular complexity index is 1690. The van der Waals surface area contributed by atoms with Crippen molar-refractivity contribution < 1.29 is 50.3 Å². The Morgan fingerprint density at radius 1 is 0.545 bits per heavy atom. The number of carbonyl (C=O) groups excluding carboxylic acids is 4. The van der Waals surface area contributed by atoms with Crippen molar-refractivity contribution in [2.75, 3.05) is 19.8 Å². The second-order valence-electron chi connectivity index (χ2n) is 19.9. The van der Waals surface area contributed by atoms with Gasteiger partial charge in [-0.05, 0) is 81.3 Å². The molecule has 6 unspecified atom stereocenters. The van der Waals surface area contributed by atoms with Gasteiger partial charge in [0.05, 0.1) is 11.1 Å². The number of benzene rings is 2. The fraction of sp³-hybridized carbons (Fsp3) is 0.714. The van der Waals surface area contributed by atoms with Gasteiger partial charge in [-0.3, -0.25) is 29.0 Å². The van der Waals surface area contributed by atoms with Crippen LogP contribution in [-0.4, -0.2) is 53.2 Å². The average molecular weight is 1190 g/mol. The average Bonchev–Trinajstić information content (AvgIpc) is 3.67. The van der Waals surface area contributed by atoms with E-state index in [1.165, 1.54) is 177 Å². The summed E-state index contributed by atoms with van der Waals surface area (Å²) in [6.45, 7) is 9.54. The van der Waals surface area contributed by atoms with Crippen molar-refractivity contribution >= 4 is 51.6 Å². The van der Waals surface area contributed by atoms with Crippen LogP contribution in [0.3, 0.4) is 0 Å². The number of amides is 4. The Balaban J connectivity index is 0.00000222. The van der Waals surface area contributed by atoms with E-state index in [9.17, 15) is 19.2 Å². The van der Waals surface area contributed by atoms with E-state index < -0.39 is 0 Å². The normalized spacial score (nSPS) is 19.4. The molecular formula is C56H88N2O4P2SU. The summed E-state index contributed by atoms with van der Waals surface area (Å²) in [7, 11) is 2.54. The van der Waals surface area contributed by atoms with Gasteiger partial charge in [-0.2, -0.15) is 24.3 Å². The van der Waals surface area contributed by atoms with Gasteiger partial charge >= 0.3 is 31.1 Å². The second-order valence-corrected chi connectivity index (χ2v) is 26.2. The van der Waals surface area contributed by atoms with E-state index >= 15 is 0 Å². The molecule has 2 aromatic carbocycles. The number of fused-ring (bicyclic) bond motifs is 2. The van der Waals surface area contributed by atoms with Gasteiger partial charge in [-0.25, -0.2) is 6.81 Å². The Hall–Kier alpha value is -1.02. The third kappa shape index (κ3) is 20.0. The van der Waals surface area contributed by atoms with E-state index in [4.69, 9.17) is 0 Å². The van der Waals surface area contributed by atoms with Crippen molar-refractivity contribution in [3.8, 4) is 0 Å². The predicted octanol–water partition coefficient (Wildman–Crippen LogP) is 16.3. The second kappa shape index (κ2) is 34.3. The Labute approximate surface area is 435 Å². The molecule has 4 amide bonds. The maximum atomic E-state index is 12.9. The molecule has 0 aromatic heterocycles. The predicted molar refractivity (Wildman–Crippen MR) is 281 cm³/mol. The van der Waals surface area contributed by atoms with Crippen molar-refractivity contribution in [3.63, 3.8) is 0 Å². The van der Waals surface area contributed by atoms with Crippen LogP contribution in [0.4, 0.5) is 0 Å². The third-order valence-electron chi connectivity index (χ3n) is 14.8. The largest absolute Gasteiger partial charge is 2.00 e. The molecule has 2 heterocycles. The molecule has 6 nitrogen and oxygen atoms in total. The number of nitrogens with zero attached hydrogens (tertiary/aromatic N) is 2. The summed E-state index contributed by atoms with van der Waals surface area (Å²) in [5.74, 6) is 2.99. The minimum absolute atomic E-state index is 0. The van der Waals surface area contributed by atoms with E-state index in [1.807, 2.05) is 31.8 Å². The zero-order chi connectivity index (χ0) is 46.8. The van der Waals surface area contributed by atoms with Gasteiger partial charge in [0.15, 0.2) is 0 Å². The van der Waals surface area contributed by atoms with Crippen LogP contribution in [0.2, 0.25) is 0 Å². The van der Waals surface area contributed by atoms with Gasteiger partial charge < -0.3 is 12.2 Å². The first-order valence-electron chi connectivity index (χ1n) is 26.6. The van der Waals surface area contributed by atoms with Crippen molar-refractivity contribution in [3.05, 3.63) is 70.3 Å². The summed E-state index contributed by atoms with van der Waals surface area (Å²) in [6, 6.07) is 13.6. The van der Waals surface area contributed by atoms with Crippen LogP contribution in [0, 0.1) is 67.8 Å². The zero-order valence-corrected chi connectivity index (χ0v) is 48.9. The van der Waals surface area contributed by atoms with E-state index in [-0.39, 0.29) is 61.6 Å². The van der Waals surface area contributed by atoms with Gasteiger partial charge in [-0.15, -0.1) is 8.93 Å². The van der Waals surface area contributed by atoms with E-state index in [2.05, 4.69) is 41.1 Å². The molecule has 3 aliphatic rings. The van der Waals surface area contributed by atoms with Crippen molar-refractivity contribution in [1.29, 1.82) is 0 Å². The molecule has 5 rings (SSSR count). The molecular weight excluding hydrogens is 1100 g/mol. The number of imide groups is 2. The van der Waals surface area contributed by atoms with Gasteiger partial charge in [0.25, 0.3) is 11.8 Å². The first-order chi connectivity index (χ1) is 31.6. The van der Waals surface area contributed by atoms with Crippen molar-refractivity contribution in [1.82, 2.24) is 9.80 Å². The van der Waals surface area contributed by atoms with Crippen LogP contribution in [0.15, 0.2) is 36.4 Å². The van der Waals surface area contributed by atoms with Crippen LogP contribution in [0.25, 0.3) is 0 Å². The standard InChI is InChI=1S/C55H83N2O4.CH5P2S.U/c1-4-6-8-10-16-22-30-44-37-38-45(31-23-17-12-14-20-29-41-57-54(60)50-39-36-43(3)42-51(50)55(57)61)47(46(44)32-24-18-11-9-7-5-2)33-25-19-13-15-21-28-40-56-52(58)48-34-26-27-35-49(48)53(56)59;1-3(2)4;/h26,34-36,39,42,44-47H,4-25,28-33,37-38,40-41H2,1-3H3;2H2,1H3;/q2*-1;+2. The number of carbonyl (C=O) groups is 4. The SMILES string of the molecule is CCCCCCCCC1CCC(CCCCCCCCN2C(=O)c3ccc(C)cc3C2=O)C(CCCCCCCCN2C(=O)c3c[c-]ccc3C2=O)C1CCCCCCCC.CP(P)[S-].[U+2]. The van der Waals surface area contributed by atoms with E-state index in [1.54, 1.807) is 18.2 Å². The summed E-state index contributed by atoms with van der Waals surface area (Å²) < 4.78 is 0. The summed E-state index contributed by atoms with van der Waals surface area (Å²) in [4.78, 5) is 54.2. The molecule has 2 aliphatic heterocycles. The van der Waals surface area contributed by atoms with Crippen LogP contribution in [0.1, 0.15) is 253 Å². The zero-order valence-electron chi connectivity index (χ0n) is 41.9. The maximum Gasteiger partial charge on any atom is 2.00 e. The number of aryl methyl sites for hydroxylation is 1. The topological polar surface area (TPSA) is 74.8 Å². The monoisotopic (exact) mass is 1180 g/mol. The van der Waals surface area contributed by atoms with Gasteiger partial charge in [0, 0.05) is 13.1 Å². The summed E-state index contributed by atoms with van der Waals surface area (Å²) >= 11 is 4.65. The molecule has 1 aliphatic carbocycles. The van der Waals surface area contributed by atoms with Gasteiger partial charge in [-0.1, -0.05) is 197 Å². The fourth-order valence-corrected chi connectivity index (χ4v) is 11.2. The Morgan fingerprint density at radius 2 is 0.909 bits per heavy atom. The minimum Gasteiger partial charge on any atom is -0.755 e. The fourth-order valence-electron chi connectivity index (χ4n) is 11.2. The first kappa shape index (κ1) is 59.3. The van der Waals surface area contributed by atoms with Crippen LogP contribution in [-0.2, 0) is 12.2 Å². The van der Waals surface area contributed by atoms with Crippen molar-refractivity contribution in [2.24, 2.45) is 23.7 Å². The van der Waals surface area contributed by atoms with E-state index in [0.717, 1.165) is 54.9 Å². The molecule has 1 saturated carbocycles. The molecule has 0 N–H and O–H groups in total. The number of rotatable bonds is 32. The van der Waals surface area contributed by atoms with Crippen LogP contribution in [0.5, 0.6) is 0 Å². The third-order valence-corrected chi connectivity index (χ3v) is 14.8. The Morgan fingerprint density at radius 3 is 1.35 bits per heavy atom. The number of hydrogen-bond donors (Lipinski definition) is 0. The molecule has 10 heteroatoms. The maximum absolute atomic E-state index is 12.9. The molecule has 0 radical (unpaired) electrons. The first-order valence-corrected chi connectivity index (χ1v) is 31.0. The molecule has 0 bridgehead atoms.